The van der Waals surface area contributed by atoms with Crippen LogP contribution in [0, 0.1) is 0 Å². The molecule has 1 unspecified atom stereocenters. The summed E-state index contributed by atoms with van der Waals surface area (Å²) in [5, 5.41) is 2.86. The van der Waals surface area contributed by atoms with Gasteiger partial charge in [0, 0.05) is 19.6 Å². The zero-order chi connectivity index (χ0) is 14.4. The maximum atomic E-state index is 12.1. The molecule has 7 heteroatoms. The number of amides is 1. The number of carbonyl (C=O) groups is 1. The lowest BCUT2D eigenvalue weighted by molar-refractivity contribution is -0.119. The molecular weight excluding hydrogens is 294 g/mol. The lowest BCUT2D eigenvalue weighted by atomic mass is 10.2. The van der Waals surface area contributed by atoms with E-state index in [1.165, 1.54) is 0 Å². The average Bonchev–Trinajstić information content (AvgIpc) is 2.48. The van der Waals surface area contributed by atoms with Crippen LogP contribution in [-0.2, 0) is 9.53 Å². The van der Waals surface area contributed by atoms with Crippen LogP contribution in [0.25, 0.3) is 0 Å². The number of benzene rings is 1. The number of nitrogens with two attached hydrogens (primary N) is 1. The maximum absolute atomic E-state index is 12.1. The second-order valence-electron chi connectivity index (χ2n) is 4.71. The van der Waals surface area contributed by atoms with Crippen LogP contribution in [0.5, 0.6) is 5.75 Å². The highest BCUT2D eigenvalue weighted by atomic mass is 35.5. The van der Waals surface area contributed by atoms with Crippen molar-refractivity contribution in [2.75, 3.05) is 45.2 Å². The summed E-state index contributed by atoms with van der Waals surface area (Å²) in [5.41, 5.74) is 6.27. The molecule has 0 radical (unpaired) electrons. The molecule has 1 amide bonds. The Morgan fingerprint density at radius 3 is 3.00 bits per heavy atom. The second kappa shape index (κ2) is 8.84. The standard InChI is InChI=1S/C14H21N3O3.ClH/c1-19-13-5-3-2-4-12(13)16-14(18)10-17-6-7-20-11(8-15)9-17;/h2-5,11H,6-10,15H2,1H3,(H,16,18);1H. The number of morpholine rings is 1. The molecule has 1 aliphatic rings. The molecule has 21 heavy (non-hydrogen) atoms. The van der Waals surface area contributed by atoms with Gasteiger partial charge in [-0.25, -0.2) is 0 Å². The predicted octanol–water partition coefficient (Wildman–Crippen LogP) is 0.715. The van der Waals surface area contributed by atoms with Crippen molar-refractivity contribution in [3.63, 3.8) is 0 Å². The first-order valence-corrected chi connectivity index (χ1v) is 6.70. The van der Waals surface area contributed by atoms with Crippen molar-refractivity contribution in [2.45, 2.75) is 6.10 Å². The largest absolute Gasteiger partial charge is 0.495 e. The number of carbonyl (C=O) groups excluding carboxylic acids is 1. The number of hydrogen-bond donors (Lipinski definition) is 2. The number of methoxy groups -OCH3 is 1. The normalized spacial score (nSPS) is 18.7. The second-order valence-corrected chi connectivity index (χ2v) is 4.71. The van der Waals surface area contributed by atoms with Gasteiger partial charge in [-0.05, 0) is 12.1 Å². The Balaban J connectivity index is 0.00000220. The molecule has 1 saturated heterocycles. The number of anilines is 1. The van der Waals surface area contributed by atoms with E-state index in [0.29, 0.717) is 37.7 Å². The molecule has 1 aliphatic heterocycles. The van der Waals surface area contributed by atoms with E-state index in [4.69, 9.17) is 15.2 Å². The number of nitrogens with zero attached hydrogens (tertiary/aromatic N) is 1. The minimum Gasteiger partial charge on any atom is -0.495 e. The fraction of sp³-hybridized carbons (Fsp3) is 0.500. The average molecular weight is 316 g/mol. The Kier molecular flexibility index (Phi) is 7.45. The number of nitrogens with one attached hydrogen (secondary N) is 1. The molecule has 0 aromatic heterocycles. The molecule has 0 aliphatic carbocycles. The van der Waals surface area contributed by atoms with E-state index in [0.717, 1.165) is 6.54 Å². The quantitative estimate of drug-likeness (QED) is 0.837. The van der Waals surface area contributed by atoms with Gasteiger partial charge in [-0.15, -0.1) is 12.4 Å². The first kappa shape index (κ1) is 17.7. The molecule has 0 spiro atoms. The highest BCUT2D eigenvalue weighted by Gasteiger charge is 2.21. The lowest BCUT2D eigenvalue weighted by Gasteiger charge is -2.31. The highest BCUT2D eigenvalue weighted by molar-refractivity contribution is 5.93. The Bertz CT molecular complexity index is 459. The molecule has 118 valence electrons. The van der Waals surface area contributed by atoms with Gasteiger partial charge in [0.1, 0.15) is 5.75 Å². The van der Waals surface area contributed by atoms with Gasteiger partial charge in [-0.3, -0.25) is 9.69 Å². The highest BCUT2D eigenvalue weighted by Crippen LogP contribution is 2.22. The van der Waals surface area contributed by atoms with Gasteiger partial charge in [0.25, 0.3) is 0 Å². The van der Waals surface area contributed by atoms with Crippen LogP contribution in [0.2, 0.25) is 0 Å². The summed E-state index contributed by atoms with van der Waals surface area (Å²) in [7, 11) is 1.58. The summed E-state index contributed by atoms with van der Waals surface area (Å²) < 4.78 is 10.7. The van der Waals surface area contributed by atoms with E-state index >= 15 is 0 Å². The number of halogens is 1. The van der Waals surface area contributed by atoms with E-state index in [1.807, 2.05) is 29.2 Å². The van der Waals surface area contributed by atoms with Gasteiger partial charge in [0.05, 0.1) is 32.1 Å². The van der Waals surface area contributed by atoms with Gasteiger partial charge in [-0.2, -0.15) is 0 Å². The van der Waals surface area contributed by atoms with Crippen LogP contribution in [0.3, 0.4) is 0 Å². The van der Waals surface area contributed by atoms with Crippen LogP contribution in [-0.4, -0.2) is 56.8 Å². The zero-order valence-corrected chi connectivity index (χ0v) is 12.9. The molecule has 2 rings (SSSR count). The lowest BCUT2D eigenvalue weighted by Crippen LogP contribution is -2.48. The summed E-state index contributed by atoms with van der Waals surface area (Å²) in [6.45, 7) is 2.86. The topological polar surface area (TPSA) is 76.8 Å². The SMILES string of the molecule is COc1ccccc1NC(=O)CN1CCOC(CN)C1.Cl. The van der Waals surface area contributed by atoms with Crippen molar-refractivity contribution in [3.05, 3.63) is 24.3 Å². The Labute approximate surface area is 131 Å². The summed E-state index contributed by atoms with van der Waals surface area (Å²) in [6.07, 6.45) is 0.0165. The van der Waals surface area contributed by atoms with Crippen molar-refractivity contribution < 1.29 is 14.3 Å². The van der Waals surface area contributed by atoms with Crippen LogP contribution < -0.4 is 15.8 Å². The van der Waals surface area contributed by atoms with Crippen molar-refractivity contribution in [1.82, 2.24) is 4.90 Å². The van der Waals surface area contributed by atoms with Gasteiger partial charge in [-0.1, -0.05) is 12.1 Å². The van der Waals surface area contributed by atoms with E-state index in [1.54, 1.807) is 7.11 Å². The van der Waals surface area contributed by atoms with Crippen molar-refractivity contribution in [3.8, 4) is 5.75 Å². The Hall–Kier alpha value is -1.34. The predicted molar refractivity (Wildman–Crippen MR) is 84.1 cm³/mol. The van der Waals surface area contributed by atoms with Crippen LogP contribution >= 0.6 is 12.4 Å². The first-order valence-electron chi connectivity index (χ1n) is 6.70. The summed E-state index contributed by atoms with van der Waals surface area (Å²) >= 11 is 0. The fourth-order valence-corrected chi connectivity index (χ4v) is 2.21. The van der Waals surface area contributed by atoms with Gasteiger partial charge in [0.15, 0.2) is 0 Å². The van der Waals surface area contributed by atoms with Gasteiger partial charge >= 0.3 is 0 Å². The zero-order valence-electron chi connectivity index (χ0n) is 12.1. The molecule has 6 nitrogen and oxygen atoms in total. The van der Waals surface area contributed by atoms with Crippen LogP contribution in [0.4, 0.5) is 5.69 Å². The third-order valence-electron chi connectivity index (χ3n) is 3.23. The van der Waals surface area contributed by atoms with Crippen LogP contribution in [0.15, 0.2) is 24.3 Å². The fourth-order valence-electron chi connectivity index (χ4n) is 2.21. The third kappa shape index (κ3) is 5.17. The Morgan fingerprint density at radius 1 is 1.52 bits per heavy atom. The molecule has 0 saturated carbocycles. The van der Waals surface area contributed by atoms with Gasteiger partial charge in [0.2, 0.25) is 5.91 Å². The molecule has 1 aromatic carbocycles. The van der Waals surface area contributed by atoms with Crippen molar-refractivity contribution >= 4 is 24.0 Å². The Morgan fingerprint density at radius 2 is 2.29 bits per heavy atom. The number of ether oxygens (including phenoxy) is 2. The monoisotopic (exact) mass is 315 g/mol. The van der Waals surface area contributed by atoms with E-state index in [2.05, 4.69) is 5.32 Å². The molecule has 0 bridgehead atoms. The molecule has 1 heterocycles. The molecular formula is C14H22ClN3O3. The molecule has 3 N–H and O–H groups in total. The van der Waals surface area contributed by atoms with Crippen LogP contribution in [0.1, 0.15) is 0 Å². The summed E-state index contributed by atoms with van der Waals surface area (Å²) in [4.78, 5) is 14.1. The smallest absolute Gasteiger partial charge is 0.238 e. The summed E-state index contributed by atoms with van der Waals surface area (Å²) in [5.74, 6) is 0.592. The van der Waals surface area contributed by atoms with Crippen molar-refractivity contribution in [1.29, 1.82) is 0 Å². The minimum absolute atomic E-state index is 0. The molecule has 1 atom stereocenters. The maximum Gasteiger partial charge on any atom is 0.238 e. The first-order chi connectivity index (χ1) is 9.72. The van der Waals surface area contributed by atoms with Gasteiger partial charge < -0.3 is 20.5 Å². The van der Waals surface area contributed by atoms with E-state index < -0.39 is 0 Å². The third-order valence-corrected chi connectivity index (χ3v) is 3.23. The molecule has 1 fully saturated rings. The van der Waals surface area contributed by atoms with E-state index in [-0.39, 0.29) is 24.4 Å². The summed E-state index contributed by atoms with van der Waals surface area (Å²) in [6, 6.07) is 7.35. The van der Waals surface area contributed by atoms with E-state index in [9.17, 15) is 4.79 Å². The minimum atomic E-state index is -0.0628. The molecule has 1 aromatic rings. The number of para-hydroxylation sites is 2. The van der Waals surface area contributed by atoms with Crippen molar-refractivity contribution in [2.24, 2.45) is 5.73 Å². The number of hydrogen-bond acceptors (Lipinski definition) is 5. The number of rotatable bonds is 5.